The molecule has 1 amide bonds. The molecule has 0 unspecified atom stereocenters. The molecule has 0 bridgehead atoms. The van der Waals surface area contributed by atoms with Gasteiger partial charge in [-0.1, -0.05) is 56.3 Å². The molecule has 0 radical (unpaired) electrons. The van der Waals surface area contributed by atoms with Gasteiger partial charge in [-0.25, -0.2) is 0 Å². The summed E-state index contributed by atoms with van der Waals surface area (Å²) in [5, 5.41) is 2.85. The van der Waals surface area contributed by atoms with Gasteiger partial charge in [0.15, 0.2) is 5.78 Å². The zero-order chi connectivity index (χ0) is 19.0. The maximum atomic E-state index is 12.5. The second-order valence-corrected chi connectivity index (χ2v) is 6.82. The highest BCUT2D eigenvalue weighted by molar-refractivity contribution is 6.34. The number of hydrogen-bond donors (Lipinski definition) is 1. The minimum atomic E-state index is -0.149. The second-order valence-electron chi connectivity index (χ2n) is 6.82. The second kappa shape index (κ2) is 6.72. The molecule has 134 valence electrons. The van der Waals surface area contributed by atoms with Gasteiger partial charge in [-0.3, -0.25) is 9.59 Å². The van der Waals surface area contributed by atoms with E-state index in [-0.39, 0.29) is 17.6 Å². The summed E-state index contributed by atoms with van der Waals surface area (Å²) in [5.74, 6) is 1.01. The number of benzene rings is 2. The highest BCUT2D eigenvalue weighted by atomic mass is 16.3. The molecule has 0 aliphatic carbocycles. The SMILES string of the molecule is CC(C)C(=O)c1ccccc1-c1ccc(/C=C2/C(=O)Nc3ccccc32)o1. The highest BCUT2D eigenvalue weighted by Gasteiger charge is 2.24. The lowest BCUT2D eigenvalue weighted by Crippen LogP contribution is -2.08. The quantitative estimate of drug-likeness (QED) is 0.510. The maximum Gasteiger partial charge on any atom is 0.256 e. The van der Waals surface area contributed by atoms with Gasteiger partial charge in [0.25, 0.3) is 5.91 Å². The van der Waals surface area contributed by atoms with Crippen LogP contribution in [0.3, 0.4) is 0 Å². The van der Waals surface area contributed by atoms with Crippen LogP contribution in [-0.2, 0) is 4.79 Å². The van der Waals surface area contributed by atoms with Crippen LogP contribution in [0.15, 0.2) is 65.1 Å². The van der Waals surface area contributed by atoms with Gasteiger partial charge in [0, 0.05) is 28.3 Å². The third kappa shape index (κ3) is 3.10. The van der Waals surface area contributed by atoms with E-state index in [0.717, 1.165) is 16.8 Å². The molecule has 4 rings (SSSR count). The van der Waals surface area contributed by atoms with E-state index in [4.69, 9.17) is 4.42 Å². The zero-order valence-electron chi connectivity index (χ0n) is 15.2. The monoisotopic (exact) mass is 357 g/mol. The molecule has 2 aromatic carbocycles. The van der Waals surface area contributed by atoms with Crippen molar-refractivity contribution in [2.24, 2.45) is 5.92 Å². The normalized spacial score (nSPS) is 14.5. The molecule has 2 heterocycles. The Kier molecular flexibility index (Phi) is 4.24. The Morgan fingerprint density at radius 2 is 1.67 bits per heavy atom. The number of amides is 1. The van der Waals surface area contributed by atoms with Crippen molar-refractivity contribution in [3.63, 3.8) is 0 Å². The Morgan fingerprint density at radius 3 is 2.44 bits per heavy atom. The van der Waals surface area contributed by atoms with E-state index in [0.29, 0.717) is 22.7 Å². The van der Waals surface area contributed by atoms with Crippen LogP contribution < -0.4 is 5.32 Å². The number of anilines is 1. The van der Waals surface area contributed by atoms with E-state index in [9.17, 15) is 9.59 Å². The number of carbonyl (C=O) groups is 2. The third-order valence-corrected chi connectivity index (χ3v) is 4.61. The summed E-state index contributed by atoms with van der Waals surface area (Å²) in [6, 6.07) is 18.6. The number of rotatable bonds is 4. The first-order chi connectivity index (χ1) is 13.0. The fourth-order valence-electron chi connectivity index (χ4n) is 3.22. The third-order valence-electron chi connectivity index (χ3n) is 4.61. The minimum absolute atomic E-state index is 0.0750. The Labute approximate surface area is 157 Å². The molecule has 0 fully saturated rings. The van der Waals surface area contributed by atoms with Crippen LogP contribution in [0.25, 0.3) is 23.0 Å². The van der Waals surface area contributed by atoms with Crippen LogP contribution in [0.4, 0.5) is 5.69 Å². The van der Waals surface area contributed by atoms with E-state index >= 15 is 0 Å². The smallest absolute Gasteiger partial charge is 0.256 e. The summed E-state index contributed by atoms with van der Waals surface area (Å²) >= 11 is 0. The molecule has 4 nitrogen and oxygen atoms in total. The van der Waals surface area contributed by atoms with E-state index in [2.05, 4.69) is 5.32 Å². The molecule has 0 saturated heterocycles. The van der Waals surface area contributed by atoms with E-state index in [1.807, 2.05) is 74.5 Å². The van der Waals surface area contributed by atoms with Gasteiger partial charge in [0.05, 0.1) is 5.57 Å². The molecule has 1 aromatic heterocycles. The number of furan rings is 1. The molecule has 0 atom stereocenters. The highest BCUT2D eigenvalue weighted by Crippen LogP contribution is 2.34. The number of ketones is 1. The lowest BCUT2D eigenvalue weighted by Gasteiger charge is -2.08. The van der Waals surface area contributed by atoms with Crippen molar-refractivity contribution >= 4 is 29.0 Å². The lowest BCUT2D eigenvalue weighted by atomic mass is 9.95. The Bertz CT molecular complexity index is 1070. The fraction of sp³-hybridized carbons (Fsp3) is 0.130. The number of hydrogen-bond acceptors (Lipinski definition) is 3. The molecule has 1 N–H and O–H groups in total. The minimum Gasteiger partial charge on any atom is -0.457 e. The molecule has 1 aliphatic rings. The molecule has 3 aromatic rings. The number of carbonyl (C=O) groups excluding carboxylic acids is 2. The fourth-order valence-corrected chi connectivity index (χ4v) is 3.22. The molecule has 1 aliphatic heterocycles. The van der Waals surface area contributed by atoms with Gasteiger partial charge < -0.3 is 9.73 Å². The van der Waals surface area contributed by atoms with Crippen molar-refractivity contribution in [3.8, 4) is 11.3 Å². The summed E-state index contributed by atoms with van der Waals surface area (Å²) in [6.07, 6.45) is 1.73. The summed E-state index contributed by atoms with van der Waals surface area (Å²) in [4.78, 5) is 24.8. The predicted octanol–water partition coefficient (Wildman–Crippen LogP) is 5.28. The number of nitrogens with one attached hydrogen (secondary N) is 1. The van der Waals surface area contributed by atoms with Crippen LogP contribution >= 0.6 is 0 Å². The average Bonchev–Trinajstić information content (AvgIpc) is 3.26. The van der Waals surface area contributed by atoms with Crippen molar-refractivity contribution in [1.29, 1.82) is 0 Å². The summed E-state index contributed by atoms with van der Waals surface area (Å²) in [6.45, 7) is 3.76. The van der Waals surface area contributed by atoms with Crippen LogP contribution in [0.2, 0.25) is 0 Å². The first-order valence-electron chi connectivity index (χ1n) is 8.90. The number of fused-ring (bicyclic) bond motifs is 1. The Hall–Kier alpha value is -3.40. The standard InChI is InChI=1S/C23H19NO3/c1-14(2)22(25)18-9-4-3-8-17(18)21-12-11-15(27-21)13-19-16-7-5-6-10-20(16)24-23(19)26/h3-14H,1-2H3,(H,24,26)/b19-13+. The molecule has 0 spiro atoms. The van der Waals surface area contributed by atoms with Gasteiger partial charge in [-0.15, -0.1) is 0 Å². The maximum absolute atomic E-state index is 12.5. The number of Topliss-reactive ketones (excluding diaryl/α,β-unsaturated/α-hetero) is 1. The van der Waals surface area contributed by atoms with Crippen LogP contribution in [0, 0.1) is 5.92 Å². The van der Waals surface area contributed by atoms with Crippen LogP contribution in [0.1, 0.15) is 35.5 Å². The zero-order valence-corrected chi connectivity index (χ0v) is 15.2. The summed E-state index contributed by atoms with van der Waals surface area (Å²) in [5.41, 5.74) is 3.63. The van der Waals surface area contributed by atoms with Gasteiger partial charge >= 0.3 is 0 Å². The molecular weight excluding hydrogens is 338 g/mol. The van der Waals surface area contributed by atoms with E-state index < -0.39 is 0 Å². The average molecular weight is 357 g/mol. The van der Waals surface area contributed by atoms with E-state index in [1.165, 1.54) is 0 Å². The topological polar surface area (TPSA) is 59.3 Å². The van der Waals surface area contributed by atoms with Gasteiger partial charge in [0.2, 0.25) is 0 Å². The van der Waals surface area contributed by atoms with Crippen LogP contribution in [-0.4, -0.2) is 11.7 Å². The first-order valence-corrected chi connectivity index (χ1v) is 8.90. The molecular formula is C23H19NO3. The largest absolute Gasteiger partial charge is 0.457 e. The Balaban J connectivity index is 1.72. The van der Waals surface area contributed by atoms with Crippen molar-refractivity contribution in [2.75, 3.05) is 5.32 Å². The van der Waals surface area contributed by atoms with E-state index in [1.54, 1.807) is 6.08 Å². The van der Waals surface area contributed by atoms with Crippen molar-refractivity contribution in [3.05, 3.63) is 77.6 Å². The van der Waals surface area contributed by atoms with Crippen molar-refractivity contribution < 1.29 is 14.0 Å². The van der Waals surface area contributed by atoms with Crippen LogP contribution in [0.5, 0.6) is 0 Å². The summed E-state index contributed by atoms with van der Waals surface area (Å²) < 4.78 is 5.96. The van der Waals surface area contributed by atoms with Gasteiger partial charge in [-0.05, 0) is 24.3 Å². The van der Waals surface area contributed by atoms with Gasteiger partial charge in [-0.2, -0.15) is 0 Å². The van der Waals surface area contributed by atoms with Gasteiger partial charge in [0.1, 0.15) is 11.5 Å². The number of para-hydroxylation sites is 1. The van der Waals surface area contributed by atoms with Crippen molar-refractivity contribution in [2.45, 2.75) is 13.8 Å². The molecule has 27 heavy (non-hydrogen) atoms. The van der Waals surface area contributed by atoms with Crippen molar-refractivity contribution in [1.82, 2.24) is 0 Å². The Morgan fingerprint density at radius 1 is 0.963 bits per heavy atom. The lowest BCUT2D eigenvalue weighted by molar-refractivity contribution is -0.110. The predicted molar refractivity (Wildman–Crippen MR) is 106 cm³/mol. The first kappa shape index (κ1) is 17.0. The molecule has 4 heteroatoms. The molecule has 0 saturated carbocycles. The summed E-state index contributed by atoms with van der Waals surface area (Å²) in [7, 11) is 0.